The fourth-order valence-corrected chi connectivity index (χ4v) is 3.59. The quantitative estimate of drug-likeness (QED) is 0.593. The molecule has 0 heterocycles. The average Bonchev–Trinajstić information content (AvgIpc) is 2.45. The minimum atomic E-state index is -2.60. The zero-order chi connectivity index (χ0) is 16.4. The van der Waals surface area contributed by atoms with E-state index in [2.05, 4.69) is 0 Å². The van der Waals surface area contributed by atoms with E-state index in [1.807, 2.05) is 44.2 Å². The van der Waals surface area contributed by atoms with Gasteiger partial charge in [0.2, 0.25) is 0 Å². The maximum atomic E-state index is 12.4. The Balaban J connectivity index is 2.24. The predicted molar refractivity (Wildman–Crippen MR) is 89.9 cm³/mol. The second-order valence-electron chi connectivity index (χ2n) is 6.13. The van der Waals surface area contributed by atoms with Crippen molar-refractivity contribution in [2.75, 3.05) is 13.3 Å². The van der Waals surface area contributed by atoms with E-state index < -0.39 is 13.0 Å². The maximum absolute atomic E-state index is 12.4. The van der Waals surface area contributed by atoms with Gasteiger partial charge in [0, 0.05) is 24.5 Å². The lowest BCUT2D eigenvalue weighted by Crippen LogP contribution is -2.20. The zero-order valence-electron chi connectivity index (χ0n) is 13.4. The Morgan fingerprint density at radius 3 is 1.91 bits per heavy atom. The summed E-state index contributed by atoms with van der Waals surface area (Å²) in [6.07, 6.45) is 0. The maximum Gasteiger partial charge on any atom is 0.198 e. The van der Waals surface area contributed by atoms with E-state index in [0.717, 1.165) is 5.56 Å². The third-order valence-electron chi connectivity index (χ3n) is 3.33. The van der Waals surface area contributed by atoms with Crippen molar-refractivity contribution in [3.8, 4) is 0 Å². The molecule has 0 aliphatic rings. The molecule has 0 radical (unpaired) electrons. The SMILES string of the molecule is CC(C)(OP(C)(C)=O)c1ccc(C(=O)c2ccccc2)cc1. The van der Waals surface area contributed by atoms with Crippen LogP contribution in [0.15, 0.2) is 54.6 Å². The summed E-state index contributed by atoms with van der Waals surface area (Å²) in [6.45, 7) is 6.95. The lowest BCUT2D eigenvalue weighted by Gasteiger charge is -2.28. The molecule has 3 nitrogen and oxygen atoms in total. The molecule has 0 N–H and O–H groups in total. The molecule has 0 saturated heterocycles. The summed E-state index contributed by atoms with van der Waals surface area (Å²) in [5.41, 5.74) is 1.52. The van der Waals surface area contributed by atoms with Crippen molar-refractivity contribution in [1.29, 1.82) is 0 Å². The van der Waals surface area contributed by atoms with Crippen molar-refractivity contribution in [3.05, 3.63) is 71.3 Å². The van der Waals surface area contributed by atoms with E-state index in [1.54, 1.807) is 37.6 Å². The Morgan fingerprint density at radius 1 is 0.909 bits per heavy atom. The third-order valence-corrected chi connectivity index (χ3v) is 4.22. The molecular weight excluding hydrogens is 295 g/mol. The summed E-state index contributed by atoms with van der Waals surface area (Å²) < 4.78 is 17.6. The van der Waals surface area contributed by atoms with Gasteiger partial charge in [-0.2, -0.15) is 0 Å². The van der Waals surface area contributed by atoms with Crippen LogP contribution < -0.4 is 0 Å². The smallest absolute Gasteiger partial charge is 0.198 e. The van der Waals surface area contributed by atoms with E-state index in [9.17, 15) is 9.36 Å². The number of hydrogen-bond acceptors (Lipinski definition) is 3. The number of carbonyl (C=O) groups excluding carboxylic acids is 1. The molecule has 0 aliphatic heterocycles. The molecule has 0 atom stereocenters. The molecule has 0 unspecified atom stereocenters. The van der Waals surface area contributed by atoms with Gasteiger partial charge in [0.15, 0.2) is 13.2 Å². The highest BCUT2D eigenvalue weighted by molar-refractivity contribution is 7.57. The Hall–Kier alpha value is -1.70. The first-order chi connectivity index (χ1) is 10.2. The molecule has 0 fully saturated rings. The minimum Gasteiger partial charge on any atom is -0.318 e. The summed E-state index contributed by atoms with van der Waals surface area (Å²) in [4.78, 5) is 12.4. The van der Waals surface area contributed by atoms with Gasteiger partial charge in [-0.1, -0.05) is 54.6 Å². The second kappa shape index (κ2) is 6.20. The number of hydrogen-bond donors (Lipinski definition) is 0. The van der Waals surface area contributed by atoms with Crippen LogP contribution in [0.3, 0.4) is 0 Å². The molecule has 0 amide bonds. The van der Waals surface area contributed by atoms with Gasteiger partial charge in [-0.3, -0.25) is 9.36 Å². The van der Waals surface area contributed by atoms with E-state index in [0.29, 0.717) is 11.1 Å². The Morgan fingerprint density at radius 2 is 1.41 bits per heavy atom. The van der Waals surface area contributed by atoms with Gasteiger partial charge in [0.05, 0.1) is 5.60 Å². The minimum absolute atomic E-state index is 0.0115. The number of carbonyl (C=O) groups is 1. The number of ketones is 1. The van der Waals surface area contributed by atoms with Gasteiger partial charge in [-0.25, -0.2) is 0 Å². The molecule has 4 heteroatoms. The van der Waals surface area contributed by atoms with E-state index in [-0.39, 0.29) is 5.78 Å². The van der Waals surface area contributed by atoms with Gasteiger partial charge in [-0.05, 0) is 19.4 Å². The van der Waals surface area contributed by atoms with E-state index >= 15 is 0 Å². The van der Waals surface area contributed by atoms with E-state index in [1.165, 1.54) is 0 Å². The van der Waals surface area contributed by atoms with Crippen LogP contribution >= 0.6 is 7.37 Å². The monoisotopic (exact) mass is 316 g/mol. The molecule has 2 rings (SSSR count). The van der Waals surface area contributed by atoms with E-state index in [4.69, 9.17) is 4.52 Å². The second-order valence-corrected chi connectivity index (χ2v) is 8.81. The molecule has 22 heavy (non-hydrogen) atoms. The molecule has 2 aromatic rings. The molecule has 0 aliphatic carbocycles. The first-order valence-electron chi connectivity index (χ1n) is 7.15. The van der Waals surface area contributed by atoms with Crippen LogP contribution in [-0.4, -0.2) is 19.1 Å². The molecule has 116 valence electrons. The zero-order valence-corrected chi connectivity index (χ0v) is 14.3. The topological polar surface area (TPSA) is 43.4 Å². The number of benzene rings is 2. The highest BCUT2D eigenvalue weighted by Crippen LogP contribution is 2.46. The van der Waals surface area contributed by atoms with Crippen LogP contribution in [0.2, 0.25) is 0 Å². The Bertz CT molecular complexity index is 697. The summed E-state index contributed by atoms with van der Waals surface area (Å²) in [5, 5.41) is 0. The van der Waals surface area contributed by atoms with Crippen LogP contribution in [0, 0.1) is 0 Å². The third kappa shape index (κ3) is 4.16. The number of rotatable bonds is 5. The van der Waals surface area contributed by atoms with Crippen molar-refractivity contribution in [1.82, 2.24) is 0 Å². The Kier molecular flexibility index (Phi) is 4.69. The summed E-state index contributed by atoms with van der Waals surface area (Å²) in [7, 11) is -2.60. The van der Waals surface area contributed by atoms with Gasteiger partial charge in [-0.15, -0.1) is 0 Å². The lowest BCUT2D eigenvalue weighted by atomic mass is 9.95. The molecular formula is C18H21O3P. The lowest BCUT2D eigenvalue weighted by molar-refractivity contribution is 0.103. The van der Waals surface area contributed by atoms with Crippen molar-refractivity contribution in [3.63, 3.8) is 0 Å². The summed E-state index contributed by atoms with van der Waals surface area (Å²) >= 11 is 0. The van der Waals surface area contributed by atoms with Crippen molar-refractivity contribution < 1.29 is 13.9 Å². The van der Waals surface area contributed by atoms with Crippen molar-refractivity contribution >= 4 is 13.2 Å². The van der Waals surface area contributed by atoms with Crippen molar-refractivity contribution in [2.24, 2.45) is 0 Å². The molecule has 2 aromatic carbocycles. The first kappa shape index (κ1) is 16.7. The largest absolute Gasteiger partial charge is 0.318 e. The standard InChI is InChI=1S/C18H21O3P/c1-18(2,21-22(3,4)20)16-12-10-15(11-13-16)17(19)14-8-6-5-7-9-14/h5-13H,1-4H3. The van der Waals surface area contributed by atoms with Gasteiger partial charge in [0.25, 0.3) is 0 Å². The average molecular weight is 316 g/mol. The van der Waals surface area contributed by atoms with Crippen LogP contribution in [0.4, 0.5) is 0 Å². The summed E-state index contributed by atoms with van der Waals surface area (Å²) in [6, 6.07) is 16.4. The van der Waals surface area contributed by atoms with Crippen LogP contribution in [-0.2, 0) is 14.7 Å². The first-order valence-corrected chi connectivity index (χ1v) is 9.67. The molecule has 0 bridgehead atoms. The normalized spacial score (nSPS) is 12.2. The fraction of sp³-hybridized carbons (Fsp3) is 0.278. The fourth-order valence-electron chi connectivity index (χ4n) is 2.38. The highest BCUT2D eigenvalue weighted by Gasteiger charge is 2.27. The highest BCUT2D eigenvalue weighted by atomic mass is 31.2. The van der Waals surface area contributed by atoms with Gasteiger partial charge in [0.1, 0.15) is 0 Å². The van der Waals surface area contributed by atoms with Gasteiger partial charge >= 0.3 is 0 Å². The van der Waals surface area contributed by atoms with Crippen LogP contribution in [0.1, 0.15) is 35.3 Å². The Labute approximate surface area is 131 Å². The molecule has 0 spiro atoms. The van der Waals surface area contributed by atoms with Crippen molar-refractivity contribution in [2.45, 2.75) is 19.4 Å². The molecule has 0 aromatic heterocycles. The van der Waals surface area contributed by atoms with Crippen LogP contribution in [0.5, 0.6) is 0 Å². The van der Waals surface area contributed by atoms with Gasteiger partial charge < -0.3 is 4.52 Å². The molecule has 0 saturated carbocycles. The summed E-state index contributed by atoms with van der Waals surface area (Å²) in [5.74, 6) is -0.0115. The predicted octanol–water partition coefficient (Wildman–Crippen LogP) is 4.71. The van der Waals surface area contributed by atoms with Crippen LogP contribution in [0.25, 0.3) is 0 Å².